The van der Waals surface area contributed by atoms with Crippen molar-refractivity contribution in [1.82, 2.24) is 10.3 Å². The van der Waals surface area contributed by atoms with E-state index in [1.807, 2.05) is 18.2 Å². The van der Waals surface area contributed by atoms with E-state index in [-0.39, 0.29) is 11.3 Å². The van der Waals surface area contributed by atoms with E-state index in [2.05, 4.69) is 10.3 Å². The van der Waals surface area contributed by atoms with Crippen LogP contribution in [0.1, 0.15) is 44.2 Å². The van der Waals surface area contributed by atoms with Crippen LogP contribution < -0.4 is 5.32 Å². The van der Waals surface area contributed by atoms with Crippen LogP contribution in [-0.4, -0.2) is 22.9 Å². The van der Waals surface area contributed by atoms with Crippen molar-refractivity contribution in [2.24, 2.45) is 17.8 Å². The maximum Gasteiger partial charge on any atom is 0.152 e. The molecule has 1 N–H and O–H groups in total. The molecule has 0 aliphatic heterocycles. The van der Waals surface area contributed by atoms with E-state index in [4.69, 9.17) is 0 Å². The molecule has 112 valence electrons. The average molecular weight is 284 g/mol. The van der Waals surface area contributed by atoms with Crippen LogP contribution in [0.2, 0.25) is 0 Å². The van der Waals surface area contributed by atoms with Gasteiger partial charge in [-0.2, -0.15) is 0 Å². The summed E-state index contributed by atoms with van der Waals surface area (Å²) in [6, 6.07) is 5.77. The molecule has 3 heteroatoms. The third-order valence-corrected chi connectivity index (χ3v) is 5.80. The summed E-state index contributed by atoms with van der Waals surface area (Å²) in [5, 5.41) is 3.67. The van der Waals surface area contributed by atoms with Crippen molar-refractivity contribution >= 4 is 5.78 Å². The van der Waals surface area contributed by atoms with Crippen LogP contribution in [0.3, 0.4) is 0 Å². The number of carbonyl (C=O) groups excluding carboxylic acids is 1. The summed E-state index contributed by atoms with van der Waals surface area (Å²) in [5.41, 5.74) is 1.17. The van der Waals surface area contributed by atoms with Gasteiger partial charge in [-0.25, -0.2) is 0 Å². The van der Waals surface area contributed by atoms with Crippen LogP contribution in [0, 0.1) is 17.8 Å². The second-order valence-electron chi connectivity index (χ2n) is 7.59. The van der Waals surface area contributed by atoms with Crippen molar-refractivity contribution in [2.75, 3.05) is 6.54 Å². The number of nitrogens with zero attached hydrogens (tertiary/aromatic N) is 1. The molecule has 21 heavy (non-hydrogen) atoms. The molecule has 4 aliphatic rings. The Bertz CT molecular complexity index is 490. The van der Waals surface area contributed by atoms with Gasteiger partial charge < -0.3 is 5.32 Å². The molecule has 4 aliphatic carbocycles. The van der Waals surface area contributed by atoms with Gasteiger partial charge in [-0.3, -0.25) is 9.78 Å². The minimum Gasteiger partial charge on any atom is -0.304 e. The van der Waals surface area contributed by atoms with Gasteiger partial charge in [0.2, 0.25) is 0 Å². The molecular weight excluding hydrogens is 260 g/mol. The second-order valence-corrected chi connectivity index (χ2v) is 7.59. The molecule has 0 unspecified atom stereocenters. The molecule has 4 bridgehead atoms. The lowest BCUT2D eigenvalue weighted by atomic mass is 9.53. The normalized spacial score (nSPS) is 36.9. The van der Waals surface area contributed by atoms with Crippen LogP contribution in [0.5, 0.6) is 0 Å². The van der Waals surface area contributed by atoms with Crippen LogP contribution >= 0.6 is 0 Å². The lowest BCUT2D eigenvalue weighted by Gasteiger charge is -2.57. The highest BCUT2D eigenvalue weighted by atomic mass is 16.1. The Balaban J connectivity index is 1.35. The van der Waals surface area contributed by atoms with Gasteiger partial charge in [-0.1, -0.05) is 6.07 Å². The fraction of sp³-hybridized carbons (Fsp3) is 0.667. The van der Waals surface area contributed by atoms with E-state index in [9.17, 15) is 4.79 Å². The Labute approximate surface area is 126 Å². The first-order valence-corrected chi connectivity index (χ1v) is 8.37. The van der Waals surface area contributed by atoms with Crippen molar-refractivity contribution in [2.45, 2.75) is 50.5 Å². The number of aromatic nitrogens is 1. The van der Waals surface area contributed by atoms with E-state index < -0.39 is 0 Å². The smallest absolute Gasteiger partial charge is 0.152 e. The Morgan fingerprint density at radius 2 is 1.81 bits per heavy atom. The summed E-state index contributed by atoms with van der Waals surface area (Å²) in [6.07, 6.45) is 10.5. The zero-order valence-electron chi connectivity index (χ0n) is 12.6. The number of hydrogen-bond donors (Lipinski definition) is 1. The molecule has 3 nitrogen and oxygen atoms in total. The van der Waals surface area contributed by atoms with Gasteiger partial charge in [-0.05, 0) is 68.4 Å². The highest BCUT2D eigenvalue weighted by Crippen LogP contribution is 2.55. The lowest BCUT2D eigenvalue weighted by Crippen LogP contribution is -2.59. The molecule has 5 rings (SSSR count). The van der Waals surface area contributed by atoms with Crippen molar-refractivity contribution in [1.29, 1.82) is 0 Å². The zero-order chi connectivity index (χ0) is 14.3. The third kappa shape index (κ3) is 2.76. The molecular formula is C18H24N2O. The molecule has 4 fully saturated rings. The molecule has 0 radical (unpaired) electrons. The van der Waals surface area contributed by atoms with Gasteiger partial charge in [0.25, 0.3) is 0 Å². The molecule has 0 amide bonds. The summed E-state index contributed by atoms with van der Waals surface area (Å²) < 4.78 is 0. The number of hydrogen-bond acceptors (Lipinski definition) is 3. The Morgan fingerprint density at radius 3 is 2.38 bits per heavy atom. The molecule has 1 aromatic heterocycles. The third-order valence-electron chi connectivity index (χ3n) is 5.80. The van der Waals surface area contributed by atoms with E-state index in [0.29, 0.717) is 13.0 Å². The zero-order valence-corrected chi connectivity index (χ0v) is 12.6. The number of nitrogens with one attached hydrogen (secondary N) is 1. The second kappa shape index (κ2) is 5.20. The highest BCUT2D eigenvalue weighted by Gasteiger charge is 2.50. The summed E-state index contributed by atoms with van der Waals surface area (Å²) in [7, 11) is 0. The summed E-state index contributed by atoms with van der Waals surface area (Å²) in [5.74, 6) is 3.04. The first kappa shape index (κ1) is 13.4. The molecule has 1 heterocycles. The fourth-order valence-corrected chi connectivity index (χ4v) is 5.38. The van der Waals surface area contributed by atoms with Crippen molar-refractivity contribution in [3.05, 3.63) is 30.1 Å². The fourth-order valence-electron chi connectivity index (χ4n) is 5.38. The molecule has 4 saturated carbocycles. The van der Waals surface area contributed by atoms with Gasteiger partial charge in [0.15, 0.2) is 5.78 Å². The Kier molecular flexibility index (Phi) is 3.33. The summed E-state index contributed by atoms with van der Waals surface area (Å²) in [4.78, 5) is 16.4. The van der Waals surface area contributed by atoms with Crippen molar-refractivity contribution in [3.8, 4) is 0 Å². The maximum absolute atomic E-state index is 12.2. The van der Waals surface area contributed by atoms with Crippen LogP contribution in [0.4, 0.5) is 0 Å². The number of carbonyl (C=O) groups is 1. The molecule has 0 saturated heterocycles. The van der Waals surface area contributed by atoms with Crippen LogP contribution in [0.25, 0.3) is 0 Å². The predicted molar refractivity (Wildman–Crippen MR) is 81.9 cm³/mol. The van der Waals surface area contributed by atoms with Gasteiger partial charge in [0, 0.05) is 17.4 Å². The number of ketones is 1. The van der Waals surface area contributed by atoms with Crippen LogP contribution in [-0.2, 0) is 11.2 Å². The standard InChI is InChI=1S/C18H24N2O/c21-17(8-16-3-1-2-4-19-16)12-20-18-9-13-5-14(10-18)7-15(6-13)11-18/h1-4,13-15,20H,5-12H2. The monoisotopic (exact) mass is 284 g/mol. The van der Waals surface area contributed by atoms with Gasteiger partial charge in [-0.15, -0.1) is 0 Å². The largest absolute Gasteiger partial charge is 0.304 e. The quantitative estimate of drug-likeness (QED) is 0.904. The van der Waals surface area contributed by atoms with E-state index in [0.717, 1.165) is 23.4 Å². The van der Waals surface area contributed by atoms with Crippen molar-refractivity contribution < 1.29 is 4.79 Å². The number of rotatable bonds is 5. The molecule has 0 spiro atoms. The minimum absolute atomic E-state index is 0.268. The lowest BCUT2D eigenvalue weighted by molar-refractivity contribution is -0.118. The Hall–Kier alpha value is -1.22. The molecule has 0 atom stereocenters. The van der Waals surface area contributed by atoms with Crippen LogP contribution in [0.15, 0.2) is 24.4 Å². The van der Waals surface area contributed by atoms with E-state index in [1.54, 1.807) is 6.20 Å². The average Bonchev–Trinajstić information content (AvgIpc) is 2.45. The van der Waals surface area contributed by atoms with E-state index >= 15 is 0 Å². The first-order chi connectivity index (χ1) is 10.2. The topological polar surface area (TPSA) is 42.0 Å². The summed E-state index contributed by atoms with van der Waals surface area (Å²) >= 11 is 0. The van der Waals surface area contributed by atoms with Gasteiger partial charge in [0.1, 0.15) is 0 Å². The van der Waals surface area contributed by atoms with E-state index in [1.165, 1.54) is 38.5 Å². The first-order valence-electron chi connectivity index (χ1n) is 8.37. The Morgan fingerprint density at radius 1 is 1.14 bits per heavy atom. The van der Waals surface area contributed by atoms with Crippen molar-refractivity contribution in [3.63, 3.8) is 0 Å². The van der Waals surface area contributed by atoms with Gasteiger partial charge >= 0.3 is 0 Å². The van der Waals surface area contributed by atoms with Gasteiger partial charge in [0.05, 0.1) is 13.0 Å². The predicted octanol–water partition coefficient (Wildman–Crippen LogP) is 2.75. The SMILES string of the molecule is O=C(CNC12CC3CC(CC(C3)C1)C2)Cc1ccccn1. The minimum atomic E-state index is 0.268. The maximum atomic E-state index is 12.2. The molecule has 1 aromatic rings. The molecule has 0 aromatic carbocycles. The summed E-state index contributed by atoms with van der Waals surface area (Å²) in [6.45, 7) is 0.517. The number of pyridine rings is 1. The highest BCUT2D eigenvalue weighted by molar-refractivity contribution is 5.82. The number of Topliss-reactive ketones (excluding diaryl/α,β-unsaturated/α-hetero) is 1.